The highest BCUT2D eigenvalue weighted by atomic mass is 127. The van der Waals surface area contributed by atoms with Gasteiger partial charge in [-0.05, 0) is 12.1 Å². The van der Waals surface area contributed by atoms with Crippen molar-refractivity contribution in [3.05, 3.63) is 18.2 Å². The predicted molar refractivity (Wildman–Crippen MR) is 60.7 cm³/mol. The van der Waals surface area contributed by atoms with Crippen molar-refractivity contribution < 1.29 is 16.2 Å². The Labute approximate surface area is 100 Å². The van der Waals surface area contributed by atoms with Gasteiger partial charge in [-0.1, -0.05) is 0 Å². The van der Waals surface area contributed by atoms with E-state index in [9.17, 15) is 8.42 Å². The lowest BCUT2D eigenvalue weighted by atomic mass is 10.3. The Kier molecular flexibility index (Phi) is 3.85. The van der Waals surface area contributed by atoms with E-state index >= 15 is 0 Å². The first kappa shape index (κ1) is 11.9. The lowest BCUT2D eigenvalue weighted by molar-refractivity contribution is 0.413. The molecule has 14 heavy (non-hydrogen) atoms. The highest BCUT2D eigenvalue weighted by molar-refractivity contribution is 14.1. The van der Waals surface area contributed by atoms with Gasteiger partial charge in [0.1, 0.15) is 10.6 Å². The van der Waals surface area contributed by atoms with Crippen LogP contribution in [0.15, 0.2) is 23.1 Å². The summed E-state index contributed by atoms with van der Waals surface area (Å²) in [5.41, 5.74) is 0. The number of ether oxygens (including phenoxy) is 1. The molecule has 0 heterocycles. The summed E-state index contributed by atoms with van der Waals surface area (Å²) in [6.45, 7) is 0. The van der Waals surface area contributed by atoms with Gasteiger partial charge in [-0.15, -0.1) is 0 Å². The Balaban J connectivity index is 3.33. The van der Waals surface area contributed by atoms with Crippen molar-refractivity contribution in [2.24, 2.45) is 0 Å². The molecule has 0 N–H and O–H groups in total. The minimum Gasteiger partial charge on any atom is -0.497 e. The van der Waals surface area contributed by atoms with Gasteiger partial charge in [0.2, 0.25) is 0 Å². The summed E-state index contributed by atoms with van der Waals surface area (Å²) in [6, 6.07) is 4.27. The maximum Gasteiger partial charge on any atom is 0.265 e. The van der Waals surface area contributed by atoms with Crippen molar-refractivity contribution in [2.75, 3.05) is 7.11 Å². The number of methoxy groups -OCH3 is 1. The molecule has 0 spiro atoms. The molecule has 0 bridgehead atoms. The quantitative estimate of drug-likeness (QED) is 0.621. The standard InChI is InChI=1S/C7H6ClIO4S/c1-12-5-2-3-7(14(8,10)11)6(4-5)13-9/h2-4H,1H3. The monoisotopic (exact) mass is 348 g/mol. The van der Waals surface area contributed by atoms with Gasteiger partial charge in [-0.3, -0.25) is 0 Å². The van der Waals surface area contributed by atoms with Crippen LogP contribution in [0, 0.1) is 0 Å². The highest BCUT2D eigenvalue weighted by Gasteiger charge is 2.17. The normalized spacial score (nSPS) is 11.1. The van der Waals surface area contributed by atoms with Crippen LogP contribution in [-0.4, -0.2) is 15.5 Å². The van der Waals surface area contributed by atoms with Crippen molar-refractivity contribution >= 4 is 42.7 Å². The van der Waals surface area contributed by atoms with Gasteiger partial charge in [-0.2, -0.15) is 0 Å². The third-order valence-corrected chi connectivity index (χ3v) is 3.33. The highest BCUT2D eigenvalue weighted by Crippen LogP contribution is 2.31. The van der Waals surface area contributed by atoms with Crippen LogP contribution in [-0.2, 0) is 9.05 Å². The van der Waals surface area contributed by atoms with Crippen LogP contribution in [0.1, 0.15) is 0 Å². The van der Waals surface area contributed by atoms with E-state index in [0.717, 1.165) is 0 Å². The number of hydrogen-bond donors (Lipinski definition) is 0. The fourth-order valence-corrected chi connectivity index (χ4v) is 2.34. The molecule has 0 aliphatic rings. The summed E-state index contributed by atoms with van der Waals surface area (Å²) in [4.78, 5) is -0.0747. The van der Waals surface area contributed by atoms with E-state index in [1.165, 1.54) is 25.3 Å². The zero-order valence-electron chi connectivity index (χ0n) is 7.03. The Morgan fingerprint density at radius 3 is 2.50 bits per heavy atom. The summed E-state index contributed by atoms with van der Waals surface area (Å²) < 4.78 is 31.9. The second kappa shape index (κ2) is 4.54. The van der Waals surface area contributed by atoms with Crippen LogP contribution in [0.4, 0.5) is 0 Å². The summed E-state index contributed by atoms with van der Waals surface area (Å²) in [6.07, 6.45) is 0. The average Bonchev–Trinajstić information content (AvgIpc) is 2.15. The minimum absolute atomic E-state index is 0.0747. The molecule has 4 nitrogen and oxygen atoms in total. The van der Waals surface area contributed by atoms with E-state index < -0.39 is 9.05 Å². The van der Waals surface area contributed by atoms with E-state index in [2.05, 4.69) is 0 Å². The summed E-state index contributed by atoms with van der Waals surface area (Å²) in [5, 5.41) is 0. The van der Waals surface area contributed by atoms with E-state index in [1.807, 2.05) is 0 Å². The van der Waals surface area contributed by atoms with Crippen LogP contribution in [0.3, 0.4) is 0 Å². The predicted octanol–water partition coefficient (Wildman–Crippen LogP) is 2.35. The third-order valence-electron chi connectivity index (χ3n) is 1.50. The van der Waals surface area contributed by atoms with E-state index in [-0.39, 0.29) is 10.6 Å². The number of halogens is 2. The minimum atomic E-state index is -3.78. The Morgan fingerprint density at radius 2 is 2.07 bits per heavy atom. The summed E-state index contributed by atoms with van der Waals surface area (Å²) in [7, 11) is 2.88. The Morgan fingerprint density at radius 1 is 1.43 bits per heavy atom. The molecule has 0 radical (unpaired) electrons. The zero-order chi connectivity index (χ0) is 10.8. The Bertz CT molecular complexity index is 431. The summed E-state index contributed by atoms with van der Waals surface area (Å²) >= 11 is 1.57. The largest absolute Gasteiger partial charge is 0.497 e. The molecular weight excluding hydrogens is 342 g/mol. The van der Waals surface area contributed by atoms with E-state index in [4.69, 9.17) is 18.5 Å². The molecule has 0 aromatic heterocycles. The van der Waals surface area contributed by atoms with Crippen molar-refractivity contribution in [1.82, 2.24) is 0 Å². The molecule has 0 unspecified atom stereocenters. The second-order valence-electron chi connectivity index (χ2n) is 2.33. The number of hydrogen-bond acceptors (Lipinski definition) is 4. The van der Waals surface area contributed by atoms with Crippen LogP contribution in [0.25, 0.3) is 0 Å². The molecule has 7 heteroatoms. The molecule has 1 aromatic carbocycles. The van der Waals surface area contributed by atoms with Crippen molar-refractivity contribution in [1.29, 1.82) is 0 Å². The van der Waals surface area contributed by atoms with Crippen LogP contribution < -0.4 is 7.80 Å². The van der Waals surface area contributed by atoms with Gasteiger partial charge in [0.25, 0.3) is 9.05 Å². The number of rotatable bonds is 3. The van der Waals surface area contributed by atoms with E-state index in [1.54, 1.807) is 23.0 Å². The second-order valence-corrected chi connectivity index (χ2v) is 5.30. The van der Waals surface area contributed by atoms with Crippen molar-refractivity contribution in [3.63, 3.8) is 0 Å². The topological polar surface area (TPSA) is 52.6 Å². The van der Waals surface area contributed by atoms with Gasteiger partial charge < -0.3 is 7.80 Å². The molecular formula is C7H6ClIO4S. The van der Waals surface area contributed by atoms with Crippen molar-refractivity contribution in [3.8, 4) is 11.5 Å². The summed E-state index contributed by atoms with van der Waals surface area (Å²) in [5.74, 6) is 0.653. The molecule has 0 saturated heterocycles. The molecule has 0 amide bonds. The Hall–Kier alpha value is -0.210. The molecule has 0 aliphatic heterocycles. The smallest absolute Gasteiger partial charge is 0.265 e. The van der Waals surface area contributed by atoms with Gasteiger partial charge in [0.05, 0.1) is 7.11 Å². The first-order valence-corrected chi connectivity index (χ1v) is 6.59. The van der Waals surface area contributed by atoms with Crippen molar-refractivity contribution in [2.45, 2.75) is 4.90 Å². The SMILES string of the molecule is COc1ccc(S(=O)(=O)Cl)c(OI)c1. The lowest BCUT2D eigenvalue weighted by Gasteiger charge is -2.05. The molecule has 0 aliphatic carbocycles. The lowest BCUT2D eigenvalue weighted by Crippen LogP contribution is -1.94. The molecule has 0 atom stereocenters. The average molecular weight is 349 g/mol. The molecule has 78 valence electrons. The maximum atomic E-state index is 11.1. The zero-order valence-corrected chi connectivity index (χ0v) is 10.8. The third kappa shape index (κ3) is 2.64. The molecule has 0 fully saturated rings. The van der Waals surface area contributed by atoms with Gasteiger partial charge in [-0.25, -0.2) is 8.42 Å². The molecule has 1 aromatic rings. The fraction of sp³-hybridized carbons (Fsp3) is 0.143. The first-order chi connectivity index (χ1) is 6.49. The van der Waals surface area contributed by atoms with Crippen LogP contribution >= 0.6 is 33.7 Å². The maximum absolute atomic E-state index is 11.1. The fourth-order valence-electron chi connectivity index (χ4n) is 0.877. The van der Waals surface area contributed by atoms with E-state index in [0.29, 0.717) is 5.75 Å². The number of benzene rings is 1. The molecule has 1 rings (SSSR count). The van der Waals surface area contributed by atoms with Gasteiger partial charge >= 0.3 is 0 Å². The van der Waals surface area contributed by atoms with Gasteiger partial charge in [0.15, 0.2) is 28.8 Å². The molecule has 0 saturated carbocycles. The first-order valence-electron chi connectivity index (χ1n) is 3.40. The van der Waals surface area contributed by atoms with Crippen LogP contribution in [0.5, 0.6) is 11.5 Å². The van der Waals surface area contributed by atoms with Gasteiger partial charge in [0, 0.05) is 16.7 Å². The van der Waals surface area contributed by atoms with Crippen LogP contribution in [0.2, 0.25) is 0 Å².